The summed E-state index contributed by atoms with van der Waals surface area (Å²) in [6, 6.07) is 8.56. The van der Waals surface area contributed by atoms with E-state index in [1.165, 1.54) is 11.1 Å². The van der Waals surface area contributed by atoms with Crippen LogP contribution in [0.2, 0.25) is 0 Å². The summed E-state index contributed by atoms with van der Waals surface area (Å²) < 4.78 is 0. The number of rotatable bonds is 2. The van der Waals surface area contributed by atoms with Crippen molar-refractivity contribution in [3.05, 3.63) is 41.3 Å². The number of aryl methyl sites for hydroxylation is 2. The molecule has 3 nitrogen and oxygen atoms in total. The van der Waals surface area contributed by atoms with E-state index in [1.54, 1.807) is 6.20 Å². The zero-order valence-electron chi connectivity index (χ0n) is 11.2. The normalized spacial score (nSPS) is 11.3. The van der Waals surface area contributed by atoms with Crippen LogP contribution >= 0.6 is 0 Å². The first-order chi connectivity index (χ1) is 8.44. The predicted molar refractivity (Wildman–Crippen MR) is 72.1 cm³/mol. The number of aromatic amines is 1. The van der Waals surface area contributed by atoms with Crippen LogP contribution in [0.15, 0.2) is 24.4 Å². The molecule has 0 atom stereocenters. The summed E-state index contributed by atoms with van der Waals surface area (Å²) in [5.74, 6) is 0.708. The highest BCUT2D eigenvalue weighted by molar-refractivity contribution is 5.63. The lowest BCUT2D eigenvalue weighted by Crippen LogP contribution is -2.15. The highest BCUT2D eigenvalue weighted by Crippen LogP contribution is 2.26. The van der Waals surface area contributed by atoms with Gasteiger partial charge in [-0.15, -0.1) is 0 Å². The molecule has 1 heterocycles. The molecule has 0 spiro atoms. The molecule has 1 aromatic heterocycles. The number of H-pyrrole nitrogens is 1. The number of aromatic nitrogens is 2. The summed E-state index contributed by atoms with van der Waals surface area (Å²) in [4.78, 5) is 7.57. The molecule has 0 aliphatic rings. The van der Waals surface area contributed by atoms with Gasteiger partial charge in [-0.05, 0) is 33.3 Å². The molecule has 0 aliphatic heterocycles. The molecule has 0 radical (unpaired) electrons. The number of nitrogens with zero attached hydrogens (tertiary/aromatic N) is 2. The Balaban J connectivity index is 2.45. The van der Waals surface area contributed by atoms with Gasteiger partial charge >= 0.3 is 0 Å². The van der Waals surface area contributed by atoms with E-state index in [1.807, 2.05) is 13.8 Å². The van der Waals surface area contributed by atoms with Crippen LogP contribution in [0.3, 0.4) is 0 Å². The second-order valence-electron chi connectivity index (χ2n) is 5.20. The molecule has 0 aliphatic carbocycles. The first-order valence-electron chi connectivity index (χ1n) is 5.98. The average Bonchev–Trinajstić information content (AvgIpc) is 2.79. The monoisotopic (exact) mass is 239 g/mol. The minimum atomic E-state index is -0.586. The first-order valence-corrected chi connectivity index (χ1v) is 5.98. The van der Waals surface area contributed by atoms with Crippen molar-refractivity contribution >= 4 is 0 Å². The van der Waals surface area contributed by atoms with E-state index in [2.05, 4.69) is 48.1 Å². The number of hydrogen-bond acceptors (Lipinski definition) is 2. The van der Waals surface area contributed by atoms with Gasteiger partial charge in [-0.3, -0.25) is 0 Å². The minimum Gasteiger partial charge on any atom is -0.341 e. The third-order valence-electron chi connectivity index (χ3n) is 3.12. The third kappa shape index (κ3) is 2.14. The highest BCUT2D eigenvalue weighted by atomic mass is 14.9. The molecule has 92 valence electrons. The molecule has 0 bridgehead atoms. The average molecular weight is 239 g/mol. The second kappa shape index (κ2) is 4.30. The Morgan fingerprint density at radius 1 is 1.28 bits per heavy atom. The van der Waals surface area contributed by atoms with Crippen LogP contribution in [0, 0.1) is 25.2 Å². The van der Waals surface area contributed by atoms with Crippen LogP contribution < -0.4 is 0 Å². The van der Waals surface area contributed by atoms with E-state index in [-0.39, 0.29) is 0 Å². The van der Waals surface area contributed by atoms with E-state index in [4.69, 9.17) is 5.26 Å². The quantitative estimate of drug-likeness (QED) is 0.872. The molecule has 1 aromatic carbocycles. The number of nitriles is 1. The molecule has 2 aromatic rings. The maximum Gasteiger partial charge on any atom is 0.126 e. The topological polar surface area (TPSA) is 52.5 Å². The zero-order valence-corrected chi connectivity index (χ0v) is 11.2. The molecular weight excluding hydrogens is 222 g/mol. The van der Waals surface area contributed by atoms with Crippen LogP contribution in [0.1, 0.15) is 30.8 Å². The van der Waals surface area contributed by atoms with Gasteiger partial charge in [0.05, 0.1) is 18.0 Å². The SMILES string of the molecule is Cc1ccc(-c2cnc(C(C)(C)C#N)[nH]2)c(C)c1. The van der Waals surface area contributed by atoms with Gasteiger partial charge in [0.1, 0.15) is 11.2 Å². The lowest BCUT2D eigenvalue weighted by atomic mass is 9.95. The van der Waals surface area contributed by atoms with Gasteiger partial charge in [0.15, 0.2) is 0 Å². The van der Waals surface area contributed by atoms with Crippen molar-refractivity contribution in [2.75, 3.05) is 0 Å². The summed E-state index contributed by atoms with van der Waals surface area (Å²) in [5.41, 5.74) is 3.96. The van der Waals surface area contributed by atoms with Crippen LogP contribution in [0.5, 0.6) is 0 Å². The molecule has 1 N–H and O–H groups in total. The van der Waals surface area contributed by atoms with E-state index < -0.39 is 5.41 Å². The van der Waals surface area contributed by atoms with E-state index >= 15 is 0 Å². The van der Waals surface area contributed by atoms with Crippen molar-refractivity contribution in [3.8, 4) is 17.3 Å². The summed E-state index contributed by atoms with van der Waals surface area (Å²) >= 11 is 0. The smallest absolute Gasteiger partial charge is 0.126 e. The lowest BCUT2D eigenvalue weighted by molar-refractivity contribution is 0.640. The maximum absolute atomic E-state index is 9.11. The Kier molecular flexibility index (Phi) is 2.96. The molecule has 0 saturated carbocycles. The molecular formula is C15H17N3. The van der Waals surface area contributed by atoms with Gasteiger partial charge in [-0.25, -0.2) is 4.98 Å². The Hall–Kier alpha value is -2.08. The van der Waals surface area contributed by atoms with Crippen LogP contribution in [-0.2, 0) is 5.41 Å². The Morgan fingerprint density at radius 2 is 2.00 bits per heavy atom. The van der Waals surface area contributed by atoms with Crippen LogP contribution in [-0.4, -0.2) is 9.97 Å². The molecule has 0 unspecified atom stereocenters. The van der Waals surface area contributed by atoms with E-state index in [0.29, 0.717) is 5.82 Å². The Morgan fingerprint density at radius 3 is 2.61 bits per heavy atom. The van der Waals surface area contributed by atoms with Gasteiger partial charge in [0, 0.05) is 5.56 Å². The Bertz CT molecular complexity index is 615. The number of hydrogen-bond donors (Lipinski definition) is 1. The lowest BCUT2D eigenvalue weighted by Gasteiger charge is -2.11. The van der Waals surface area contributed by atoms with Crippen molar-refractivity contribution in [2.24, 2.45) is 0 Å². The van der Waals surface area contributed by atoms with Gasteiger partial charge in [-0.1, -0.05) is 23.8 Å². The highest BCUT2D eigenvalue weighted by Gasteiger charge is 2.23. The van der Waals surface area contributed by atoms with Gasteiger partial charge in [0.2, 0.25) is 0 Å². The fourth-order valence-electron chi connectivity index (χ4n) is 1.94. The standard InChI is InChI=1S/C15H17N3/c1-10-5-6-12(11(2)7-10)13-8-17-14(18-13)15(3,4)9-16/h5-8H,1-4H3,(H,17,18). The minimum absolute atomic E-state index is 0.586. The molecule has 0 amide bonds. The molecule has 0 saturated heterocycles. The molecule has 2 rings (SSSR count). The van der Waals surface area contributed by atoms with Crippen molar-refractivity contribution in [1.29, 1.82) is 5.26 Å². The molecule has 3 heteroatoms. The van der Waals surface area contributed by atoms with Gasteiger partial charge in [0.25, 0.3) is 0 Å². The maximum atomic E-state index is 9.11. The molecule has 0 fully saturated rings. The van der Waals surface area contributed by atoms with Gasteiger partial charge in [-0.2, -0.15) is 5.26 Å². The number of imidazole rings is 1. The van der Waals surface area contributed by atoms with Crippen LogP contribution in [0.4, 0.5) is 0 Å². The third-order valence-corrected chi connectivity index (χ3v) is 3.12. The van der Waals surface area contributed by atoms with Crippen molar-refractivity contribution in [2.45, 2.75) is 33.1 Å². The van der Waals surface area contributed by atoms with E-state index in [9.17, 15) is 0 Å². The zero-order chi connectivity index (χ0) is 13.3. The second-order valence-corrected chi connectivity index (χ2v) is 5.20. The number of nitrogens with one attached hydrogen (secondary N) is 1. The summed E-state index contributed by atoms with van der Waals surface area (Å²) in [6.45, 7) is 7.88. The largest absolute Gasteiger partial charge is 0.341 e. The summed E-state index contributed by atoms with van der Waals surface area (Å²) in [7, 11) is 0. The summed E-state index contributed by atoms with van der Waals surface area (Å²) in [5, 5.41) is 9.11. The van der Waals surface area contributed by atoms with Crippen molar-refractivity contribution in [1.82, 2.24) is 9.97 Å². The summed E-state index contributed by atoms with van der Waals surface area (Å²) in [6.07, 6.45) is 1.80. The van der Waals surface area contributed by atoms with Gasteiger partial charge < -0.3 is 4.98 Å². The fraction of sp³-hybridized carbons (Fsp3) is 0.333. The van der Waals surface area contributed by atoms with Crippen molar-refractivity contribution in [3.63, 3.8) is 0 Å². The number of benzene rings is 1. The fourth-order valence-corrected chi connectivity index (χ4v) is 1.94. The first kappa shape index (κ1) is 12.4. The van der Waals surface area contributed by atoms with E-state index in [0.717, 1.165) is 11.3 Å². The Labute approximate surface area is 107 Å². The van der Waals surface area contributed by atoms with Crippen LogP contribution in [0.25, 0.3) is 11.3 Å². The predicted octanol–water partition coefficient (Wildman–Crippen LogP) is 3.49. The van der Waals surface area contributed by atoms with Crippen molar-refractivity contribution < 1.29 is 0 Å². The molecule has 18 heavy (non-hydrogen) atoms.